The summed E-state index contributed by atoms with van der Waals surface area (Å²) in [6.45, 7) is 4.57. The molecule has 0 aliphatic heterocycles. The van der Waals surface area contributed by atoms with Crippen molar-refractivity contribution in [2.75, 3.05) is 0 Å². The lowest BCUT2D eigenvalue weighted by atomic mass is 10.2. The van der Waals surface area contributed by atoms with Gasteiger partial charge in [-0.2, -0.15) is 8.42 Å². The minimum absolute atomic E-state index is 0.222. The number of sulfone groups is 1. The molecule has 5 nitrogen and oxygen atoms in total. The Morgan fingerprint density at radius 2 is 1.81 bits per heavy atom. The molecule has 16 heavy (non-hydrogen) atoms. The van der Waals surface area contributed by atoms with Gasteiger partial charge in [-0.3, -0.25) is 4.55 Å². The Labute approximate surface area is 94.1 Å². The van der Waals surface area contributed by atoms with Gasteiger partial charge in [0.1, 0.15) is 0 Å². The molecule has 0 bridgehead atoms. The second-order valence-corrected chi connectivity index (χ2v) is 6.40. The minimum atomic E-state index is -4.42. The highest BCUT2D eigenvalue weighted by molar-refractivity contribution is 7.94. The van der Waals surface area contributed by atoms with E-state index in [4.69, 9.17) is 4.55 Å². The van der Waals surface area contributed by atoms with Crippen molar-refractivity contribution in [1.82, 2.24) is 0 Å². The van der Waals surface area contributed by atoms with E-state index in [-0.39, 0.29) is 10.5 Å². The summed E-state index contributed by atoms with van der Waals surface area (Å²) in [6, 6.07) is 3.46. The van der Waals surface area contributed by atoms with Crippen molar-refractivity contribution in [3.63, 3.8) is 0 Å². The van der Waals surface area contributed by atoms with Crippen molar-refractivity contribution in [2.45, 2.75) is 16.7 Å². The summed E-state index contributed by atoms with van der Waals surface area (Å²) in [5.41, 5.74) is 0.269. The van der Waals surface area contributed by atoms with Crippen molar-refractivity contribution in [1.29, 1.82) is 0 Å². The fourth-order valence-electron chi connectivity index (χ4n) is 1.13. The van der Waals surface area contributed by atoms with Crippen LogP contribution in [0.1, 0.15) is 5.56 Å². The molecule has 0 heterocycles. The van der Waals surface area contributed by atoms with Crippen molar-refractivity contribution >= 4 is 20.0 Å². The molecule has 1 aromatic rings. The van der Waals surface area contributed by atoms with Crippen LogP contribution >= 0.6 is 0 Å². The number of aryl methyl sites for hydroxylation is 1. The highest BCUT2D eigenvalue weighted by Gasteiger charge is 2.17. The molecule has 1 rings (SSSR count). The van der Waals surface area contributed by atoms with Crippen LogP contribution in [0.15, 0.2) is 40.0 Å². The predicted octanol–water partition coefficient (Wildman–Crippen LogP) is 1.16. The van der Waals surface area contributed by atoms with E-state index in [1.165, 1.54) is 19.1 Å². The van der Waals surface area contributed by atoms with Crippen LogP contribution in [-0.4, -0.2) is 21.4 Å². The molecule has 0 amide bonds. The first-order chi connectivity index (χ1) is 7.18. The third kappa shape index (κ3) is 2.49. The standard InChI is InChI=1S/C9H10O5S2/c1-3-15(10,11)8-5-4-7(2)9(6-8)16(12,13)14/h3-6H,1H2,2H3,(H,12,13,14). The number of hydrogen-bond donors (Lipinski definition) is 1. The molecule has 0 unspecified atom stereocenters. The van der Waals surface area contributed by atoms with Crippen LogP contribution in [-0.2, 0) is 20.0 Å². The highest BCUT2D eigenvalue weighted by Crippen LogP contribution is 2.20. The second-order valence-electron chi connectivity index (χ2n) is 3.11. The van der Waals surface area contributed by atoms with Gasteiger partial charge >= 0.3 is 0 Å². The maximum Gasteiger partial charge on any atom is 0.294 e. The van der Waals surface area contributed by atoms with Crippen LogP contribution in [0.5, 0.6) is 0 Å². The summed E-state index contributed by atoms with van der Waals surface area (Å²) in [6.07, 6.45) is 0. The van der Waals surface area contributed by atoms with Gasteiger partial charge in [-0.25, -0.2) is 8.42 Å². The first kappa shape index (κ1) is 12.9. The van der Waals surface area contributed by atoms with Crippen LogP contribution in [0.3, 0.4) is 0 Å². The third-order valence-electron chi connectivity index (χ3n) is 1.99. The van der Waals surface area contributed by atoms with Gasteiger partial charge in [-0.05, 0) is 24.6 Å². The molecule has 1 aromatic carbocycles. The van der Waals surface area contributed by atoms with Crippen LogP contribution in [0.4, 0.5) is 0 Å². The second kappa shape index (κ2) is 4.00. The maximum atomic E-state index is 11.4. The normalized spacial score (nSPS) is 12.4. The average molecular weight is 262 g/mol. The van der Waals surface area contributed by atoms with Gasteiger partial charge in [0.15, 0.2) is 9.84 Å². The third-order valence-corrected chi connectivity index (χ3v) is 4.33. The zero-order chi connectivity index (χ0) is 12.6. The lowest BCUT2D eigenvalue weighted by molar-refractivity contribution is 0.482. The summed E-state index contributed by atoms with van der Waals surface area (Å²) in [7, 11) is -8.13. The van der Waals surface area contributed by atoms with E-state index in [2.05, 4.69) is 6.58 Å². The average Bonchev–Trinajstić information content (AvgIpc) is 2.16. The van der Waals surface area contributed by atoms with Gasteiger partial charge < -0.3 is 0 Å². The number of rotatable bonds is 3. The van der Waals surface area contributed by atoms with Crippen LogP contribution in [0.25, 0.3) is 0 Å². The Hall–Kier alpha value is -1.18. The van der Waals surface area contributed by atoms with Crippen molar-refractivity contribution in [2.24, 2.45) is 0 Å². The molecule has 0 fully saturated rings. The van der Waals surface area contributed by atoms with E-state index in [1.807, 2.05) is 0 Å². The summed E-state index contributed by atoms with van der Waals surface area (Å²) in [4.78, 5) is -0.642. The molecular formula is C9H10O5S2. The number of hydrogen-bond acceptors (Lipinski definition) is 4. The molecule has 1 N–H and O–H groups in total. The summed E-state index contributed by atoms with van der Waals surface area (Å²) in [5, 5.41) is 0.714. The van der Waals surface area contributed by atoms with Crippen molar-refractivity contribution < 1.29 is 21.4 Å². The van der Waals surface area contributed by atoms with Crippen molar-refractivity contribution in [3.8, 4) is 0 Å². The molecular weight excluding hydrogens is 252 g/mol. The van der Waals surface area contributed by atoms with Gasteiger partial charge in [0.05, 0.1) is 9.79 Å². The molecule has 0 aromatic heterocycles. The highest BCUT2D eigenvalue weighted by atomic mass is 32.2. The first-order valence-corrected chi connectivity index (χ1v) is 7.13. The first-order valence-electron chi connectivity index (χ1n) is 4.14. The topological polar surface area (TPSA) is 88.5 Å². The van der Waals surface area contributed by atoms with Gasteiger partial charge in [0.25, 0.3) is 10.1 Å². The summed E-state index contributed by atoms with van der Waals surface area (Å²) < 4.78 is 53.6. The quantitative estimate of drug-likeness (QED) is 0.826. The smallest absolute Gasteiger partial charge is 0.282 e. The lowest BCUT2D eigenvalue weighted by Crippen LogP contribution is -2.04. The summed E-state index contributed by atoms with van der Waals surface area (Å²) in [5.74, 6) is 0. The predicted molar refractivity (Wildman–Crippen MR) is 58.4 cm³/mol. The van der Waals surface area contributed by atoms with Gasteiger partial charge in [0.2, 0.25) is 0 Å². The van der Waals surface area contributed by atoms with Gasteiger partial charge in [-0.15, -0.1) is 0 Å². The largest absolute Gasteiger partial charge is 0.294 e. The van der Waals surface area contributed by atoms with E-state index < -0.39 is 24.9 Å². The molecule has 0 saturated heterocycles. The number of benzene rings is 1. The van der Waals surface area contributed by atoms with E-state index in [1.54, 1.807) is 0 Å². The minimum Gasteiger partial charge on any atom is -0.282 e. The Bertz CT molecular complexity index is 626. The molecule has 0 aliphatic rings. The van der Waals surface area contributed by atoms with E-state index >= 15 is 0 Å². The molecule has 0 atom stereocenters. The van der Waals surface area contributed by atoms with E-state index in [9.17, 15) is 16.8 Å². The zero-order valence-electron chi connectivity index (χ0n) is 8.41. The molecule has 0 saturated carbocycles. The van der Waals surface area contributed by atoms with Crippen LogP contribution in [0, 0.1) is 6.92 Å². The Morgan fingerprint density at radius 1 is 1.25 bits per heavy atom. The molecule has 88 valence electrons. The van der Waals surface area contributed by atoms with Crippen LogP contribution < -0.4 is 0 Å². The molecule has 7 heteroatoms. The lowest BCUT2D eigenvalue weighted by Gasteiger charge is -2.04. The molecule has 0 spiro atoms. The Morgan fingerprint density at radius 3 is 2.25 bits per heavy atom. The SMILES string of the molecule is C=CS(=O)(=O)c1ccc(C)c(S(=O)(=O)O)c1. The monoisotopic (exact) mass is 262 g/mol. The Balaban J connectivity index is 3.59. The molecule has 0 radical (unpaired) electrons. The maximum absolute atomic E-state index is 11.4. The fourth-order valence-corrected chi connectivity index (χ4v) is 2.69. The zero-order valence-corrected chi connectivity index (χ0v) is 10.0. The Kier molecular flexibility index (Phi) is 3.22. The van der Waals surface area contributed by atoms with Crippen molar-refractivity contribution in [3.05, 3.63) is 35.7 Å². The summed E-state index contributed by atoms with van der Waals surface area (Å²) >= 11 is 0. The van der Waals surface area contributed by atoms with E-state index in [0.29, 0.717) is 5.41 Å². The van der Waals surface area contributed by atoms with Crippen LogP contribution in [0.2, 0.25) is 0 Å². The fraction of sp³-hybridized carbons (Fsp3) is 0.111. The van der Waals surface area contributed by atoms with Gasteiger partial charge in [0, 0.05) is 5.41 Å². The van der Waals surface area contributed by atoms with E-state index in [0.717, 1.165) is 6.07 Å². The molecule has 0 aliphatic carbocycles. The van der Waals surface area contributed by atoms with Gasteiger partial charge in [-0.1, -0.05) is 12.6 Å².